The van der Waals surface area contributed by atoms with Crippen LogP contribution in [0.1, 0.15) is 39.8 Å². The van der Waals surface area contributed by atoms with Crippen molar-refractivity contribution in [3.05, 3.63) is 30.0 Å². The van der Waals surface area contributed by atoms with E-state index in [1.165, 1.54) is 0 Å². The number of rotatable bonds is 7. The Bertz CT molecular complexity index is 593. The van der Waals surface area contributed by atoms with Crippen molar-refractivity contribution < 1.29 is 4.74 Å². The lowest BCUT2D eigenvalue weighted by Gasteiger charge is -2.14. The predicted octanol–water partition coefficient (Wildman–Crippen LogP) is 4.65. The van der Waals surface area contributed by atoms with Gasteiger partial charge in [-0.15, -0.1) is 0 Å². The van der Waals surface area contributed by atoms with Crippen molar-refractivity contribution in [1.29, 1.82) is 0 Å². The summed E-state index contributed by atoms with van der Waals surface area (Å²) in [5.74, 6) is 1.48. The molecule has 1 aromatic heterocycles. The Morgan fingerprint density at radius 1 is 1.24 bits per heavy atom. The van der Waals surface area contributed by atoms with E-state index in [0.29, 0.717) is 5.92 Å². The third kappa shape index (κ3) is 3.87. The number of pyridine rings is 1. The Morgan fingerprint density at radius 3 is 2.71 bits per heavy atom. The fourth-order valence-electron chi connectivity index (χ4n) is 2.46. The van der Waals surface area contributed by atoms with E-state index < -0.39 is 0 Å². The molecule has 1 aromatic carbocycles. The van der Waals surface area contributed by atoms with Gasteiger partial charge in [0.25, 0.3) is 0 Å². The van der Waals surface area contributed by atoms with E-state index >= 15 is 0 Å². The van der Waals surface area contributed by atoms with Gasteiger partial charge in [0.1, 0.15) is 11.3 Å². The van der Waals surface area contributed by atoms with Gasteiger partial charge in [0.05, 0.1) is 6.61 Å². The van der Waals surface area contributed by atoms with Crippen LogP contribution in [0.5, 0.6) is 5.75 Å². The van der Waals surface area contributed by atoms with Crippen molar-refractivity contribution >= 4 is 16.6 Å². The lowest BCUT2D eigenvalue weighted by atomic mass is 10.0. The number of hydrogen-bond acceptors (Lipinski definition) is 3. The molecular formula is C18H26N2O. The maximum absolute atomic E-state index is 5.87. The van der Waals surface area contributed by atoms with E-state index in [-0.39, 0.29) is 0 Å². The summed E-state index contributed by atoms with van der Waals surface area (Å²) in [4.78, 5) is 4.85. The predicted molar refractivity (Wildman–Crippen MR) is 90.2 cm³/mol. The van der Waals surface area contributed by atoms with Gasteiger partial charge in [0.2, 0.25) is 0 Å². The molecule has 21 heavy (non-hydrogen) atoms. The highest BCUT2D eigenvalue weighted by Crippen LogP contribution is 2.30. The number of para-hydroxylation sites is 1. The van der Waals surface area contributed by atoms with Gasteiger partial charge in [-0.05, 0) is 37.8 Å². The molecule has 0 unspecified atom stereocenters. The SMILES string of the molecule is CCCOc1cccc2c(NCC)cc(CC(C)C)nc12. The molecule has 0 amide bonds. The van der Waals surface area contributed by atoms with Gasteiger partial charge in [0, 0.05) is 23.3 Å². The number of aromatic nitrogens is 1. The standard InChI is InChI=1S/C18H26N2O/c1-5-10-21-17-9-7-8-15-16(19-6-2)12-14(11-13(3)4)20-18(15)17/h7-9,12-13H,5-6,10-11H2,1-4H3,(H,19,20). The fourth-order valence-corrected chi connectivity index (χ4v) is 2.46. The first-order valence-corrected chi connectivity index (χ1v) is 7.95. The highest BCUT2D eigenvalue weighted by Gasteiger charge is 2.11. The topological polar surface area (TPSA) is 34.1 Å². The van der Waals surface area contributed by atoms with Gasteiger partial charge >= 0.3 is 0 Å². The Balaban J connectivity index is 2.53. The number of hydrogen-bond donors (Lipinski definition) is 1. The number of anilines is 1. The van der Waals surface area contributed by atoms with Crippen LogP contribution in [0.2, 0.25) is 0 Å². The molecule has 0 aliphatic carbocycles. The van der Waals surface area contributed by atoms with Crippen LogP contribution in [0, 0.1) is 5.92 Å². The summed E-state index contributed by atoms with van der Waals surface area (Å²) < 4.78 is 5.87. The highest BCUT2D eigenvalue weighted by atomic mass is 16.5. The molecule has 2 aromatic rings. The van der Waals surface area contributed by atoms with Gasteiger partial charge in [-0.1, -0.05) is 32.9 Å². The minimum atomic E-state index is 0.591. The molecule has 0 saturated heterocycles. The lowest BCUT2D eigenvalue weighted by molar-refractivity contribution is 0.320. The summed E-state index contributed by atoms with van der Waals surface area (Å²) >= 11 is 0. The second kappa shape index (κ2) is 7.30. The van der Waals surface area contributed by atoms with E-state index in [4.69, 9.17) is 9.72 Å². The molecule has 0 spiro atoms. The zero-order valence-corrected chi connectivity index (χ0v) is 13.6. The Morgan fingerprint density at radius 2 is 2.05 bits per heavy atom. The maximum atomic E-state index is 5.87. The quantitative estimate of drug-likeness (QED) is 0.804. The van der Waals surface area contributed by atoms with Gasteiger partial charge in [-0.25, -0.2) is 4.98 Å². The average molecular weight is 286 g/mol. The molecule has 0 aliphatic heterocycles. The van der Waals surface area contributed by atoms with Crippen LogP contribution in [-0.2, 0) is 6.42 Å². The van der Waals surface area contributed by atoms with Gasteiger partial charge in [-0.2, -0.15) is 0 Å². The Kier molecular flexibility index (Phi) is 5.43. The summed E-state index contributed by atoms with van der Waals surface area (Å²) in [5.41, 5.74) is 3.25. The van der Waals surface area contributed by atoms with Crippen LogP contribution in [0.15, 0.2) is 24.3 Å². The molecule has 1 heterocycles. The maximum Gasteiger partial charge on any atom is 0.145 e. The van der Waals surface area contributed by atoms with E-state index in [9.17, 15) is 0 Å². The molecule has 0 fully saturated rings. The first kappa shape index (κ1) is 15.6. The largest absolute Gasteiger partial charge is 0.491 e. The van der Waals surface area contributed by atoms with Crippen molar-refractivity contribution in [1.82, 2.24) is 4.98 Å². The second-order valence-corrected chi connectivity index (χ2v) is 5.79. The van der Waals surface area contributed by atoms with Crippen LogP contribution in [0.4, 0.5) is 5.69 Å². The minimum Gasteiger partial charge on any atom is -0.491 e. The summed E-state index contributed by atoms with van der Waals surface area (Å²) in [7, 11) is 0. The van der Waals surface area contributed by atoms with Crippen LogP contribution >= 0.6 is 0 Å². The molecule has 0 saturated carbocycles. The molecule has 0 aliphatic rings. The average Bonchev–Trinajstić information content (AvgIpc) is 2.45. The Labute approximate surface area is 127 Å². The number of fused-ring (bicyclic) bond motifs is 1. The summed E-state index contributed by atoms with van der Waals surface area (Å²) in [6.07, 6.45) is 1.98. The number of nitrogens with zero attached hydrogens (tertiary/aromatic N) is 1. The summed E-state index contributed by atoms with van der Waals surface area (Å²) in [5, 5.41) is 4.59. The van der Waals surface area contributed by atoms with Crippen LogP contribution in [-0.4, -0.2) is 18.1 Å². The smallest absolute Gasteiger partial charge is 0.145 e. The summed E-state index contributed by atoms with van der Waals surface area (Å²) in [6.45, 7) is 10.3. The minimum absolute atomic E-state index is 0.591. The fraction of sp³-hybridized carbons (Fsp3) is 0.500. The number of benzene rings is 1. The van der Waals surface area contributed by atoms with E-state index in [1.807, 2.05) is 12.1 Å². The summed E-state index contributed by atoms with van der Waals surface area (Å²) in [6, 6.07) is 8.34. The van der Waals surface area contributed by atoms with Crippen molar-refractivity contribution in [3.63, 3.8) is 0 Å². The van der Waals surface area contributed by atoms with E-state index in [2.05, 4.69) is 45.1 Å². The van der Waals surface area contributed by atoms with Crippen LogP contribution in [0.3, 0.4) is 0 Å². The van der Waals surface area contributed by atoms with Crippen LogP contribution < -0.4 is 10.1 Å². The van der Waals surface area contributed by atoms with Gasteiger partial charge in [-0.3, -0.25) is 0 Å². The Hall–Kier alpha value is -1.77. The first-order valence-electron chi connectivity index (χ1n) is 7.95. The first-order chi connectivity index (χ1) is 10.2. The monoisotopic (exact) mass is 286 g/mol. The highest BCUT2D eigenvalue weighted by molar-refractivity contribution is 5.95. The molecule has 3 heteroatoms. The van der Waals surface area contributed by atoms with Crippen molar-refractivity contribution in [2.24, 2.45) is 5.92 Å². The molecule has 3 nitrogen and oxygen atoms in total. The van der Waals surface area contributed by atoms with E-state index in [0.717, 1.165) is 54.0 Å². The van der Waals surface area contributed by atoms with Gasteiger partial charge in [0.15, 0.2) is 0 Å². The van der Waals surface area contributed by atoms with E-state index in [1.54, 1.807) is 0 Å². The van der Waals surface area contributed by atoms with Gasteiger partial charge < -0.3 is 10.1 Å². The van der Waals surface area contributed by atoms with Crippen molar-refractivity contribution in [2.75, 3.05) is 18.5 Å². The van der Waals surface area contributed by atoms with Crippen LogP contribution in [0.25, 0.3) is 10.9 Å². The normalized spacial score (nSPS) is 11.1. The molecule has 0 radical (unpaired) electrons. The number of ether oxygens (including phenoxy) is 1. The van der Waals surface area contributed by atoms with Crippen molar-refractivity contribution in [2.45, 2.75) is 40.5 Å². The molecular weight excluding hydrogens is 260 g/mol. The molecule has 114 valence electrons. The lowest BCUT2D eigenvalue weighted by Crippen LogP contribution is -2.04. The second-order valence-electron chi connectivity index (χ2n) is 5.79. The third-order valence-electron chi connectivity index (χ3n) is 3.30. The zero-order chi connectivity index (χ0) is 15.2. The number of nitrogens with one attached hydrogen (secondary N) is 1. The molecule has 0 bridgehead atoms. The van der Waals surface area contributed by atoms with Crippen molar-refractivity contribution in [3.8, 4) is 5.75 Å². The molecule has 0 atom stereocenters. The molecule has 1 N–H and O–H groups in total. The zero-order valence-electron chi connectivity index (χ0n) is 13.6. The molecule has 2 rings (SSSR count). The third-order valence-corrected chi connectivity index (χ3v) is 3.30.